The molecule has 0 aliphatic heterocycles. The van der Waals surface area contributed by atoms with Crippen molar-refractivity contribution in [2.75, 3.05) is 0 Å². The van der Waals surface area contributed by atoms with E-state index in [4.69, 9.17) is 0 Å². The van der Waals surface area contributed by atoms with Gasteiger partial charge in [0.25, 0.3) is 0 Å². The minimum absolute atomic E-state index is 0.135. The van der Waals surface area contributed by atoms with Crippen LogP contribution in [0, 0.1) is 12.7 Å². The number of hydrogen-bond donors (Lipinski definition) is 1. The van der Waals surface area contributed by atoms with Gasteiger partial charge in [-0.05, 0) is 36.8 Å². The monoisotopic (exact) mass is 393 g/mol. The zero-order valence-corrected chi connectivity index (χ0v) is 15.8. The number of Topliss-reactive ketones (excluding diaryl/α,β-unsaturated/α-hetero) is 1. The summed E-state index contributed by atoms with van der Waals surface area (Å²) in [6.07, 6.45) is 3.15. The molecule has 3 heterocycles. The number of carbonyl (C=O) groups is 1. The second-order valence-corrected chi connectivity index (χ2v) is 7.41. The molecule has 7 heteroatoms. The second-order valence-electron chi connectivity index (χ2n) is 6.47. The van der Waals surface area contributed by atoms with Gasteiger partial charge in [-0.3, -0.25) is 14.8 Å². The topological polar surface area (TPSA) is 76.0 Å². The molecule has 0 saturated heterocycles. The predicted molar refractivity (Wildman–Crippen MR) is 105 cm³/mol. The Balaban J connectivity index is 1.78. The summed E-state index contributed by atoms with van der Waals surface area (Å²) in [5, 5.41) is 14.1. The highest BCUT2D eigenvalue weighted by Crippen LogP contribution is 2.28. The Morgan fingerprint density at radius 2 is 2.11 bits per heavy atom. The van der Waals surface area contributed by atoms with E-state index in [9.17, 15) is 14.3 Å². The zero-order chi connectivity index (χ0) is 19.7. The lowest BCUT2D eigenvalue weighted by molar-refractivity contribution is 0.0994. The average molecular weight is 393 g/mol. The Bertz CT molecular complexity index is 1180. The minimum Gasteiger partial charge on any atom is -0.384 e. The highest BCUT2D eigenvalue weighted by atomic mass is 32.1. The zero-order valence-electron chi connectivity index (χ0n) is 15.0. The van der Waals surface area contributed by atoms with Gasteiger partial charge in [0.05, 0.1) is 18.1 Å². The number of rotatable bonds is 5. The number of halogens is 1. The van der Waals surface area contributed by atoms with Crippen LogP contribution in [0.2, 0.25) is 0 Å². The third-order valence-electron chi connectivity index (χ3n) is 4.36. The molecule has 0 amide bonds. The van der Waals surface area contributed by atoms with Gasteiger partial charge in [-0.1, -0.05) is 6.07 Å². The van der Waals surface area contributed by atoms with Crippen molar-refractivity contribution in [1.29, 1.82) is 0 Å². The lowest BCUT2D eigenvalue weighted by Gasteiger charge is -2.14. The molecule has 1 atom stereocenters. The fraction of sp³-hybridized carbons (Fsp3) is 0.143. The molecule has 1 aromatic carbocycles. The van der Waals surface area contributed by atoms with E-state index < -0.39 is 11.9 Å². The highest BCUT2D eigenvalue weighted by Gasteiger charge is 2.19. The summed E-state index contributed by atoms with van der Waals surface area (Å²) in [5.41, 5.74) is 2.64. The second kappa shape index (κ2) is 7.53. The van der Waals surface area contributed by atoms with Crippen molar-refractivity contribution in [2.24, 2.45) is 0 Å². The van der Waals surface area contributed by atoms with Crippen molar-refractivity contribution in [1.82, 2.24) is 15.0 Å². The molecule has 0 aliphatic rings. The largest absolute Gasteiger partial charge is 0.384 e. The molecule has 140 valence electrons. The fourth-order valence-electron chi connectivity index (χ4n) is 3.07. The molecule has 0 bridgehead atoms. The summed E-state index contributed by atoms with van der Waals surface area (Å²) in [4.78, 5) is 25.5. The molecule has 5 nitrogen and oxygen atoms in total. The summed E-state index contributed by atoms with van der Waals surface area (Å²) < 4.78 is 13.5. The standard InChI is InChI=1S/C21H16FN3O2S/c1-12-11-28-19(25-12)8-18(26)17-7-14(5-13-3-2-4-24-20(13)17)21(27)15-6-16(22)10-23-9-15/h2-7,9-11,21,27H,8H2,1H3. The summed E-state index contributed by atoms with van der Waals surface area (Å²) in [5.74, 6) is -0.668. The van der Waals surface area contributed by atoms with Crippen LogP contribution in [0.1, 0.15) is 38.3 Å². The summed E-state index contributed by atoms with van der Waals surface area (Å²) in [7, 11) is 0. The van der Waals surface area contributed by atoms with E-state index in [-0.39, 0.29) is 12.2 Å². The van der Waals surface area contributed by atoms with Crippen LogP contribution < -0.4 is 0 Å². The first-order valence-corrected chi connectivity index (χ1v) is 9.50. The van der Waals surface area contributed by atoms with Crippen LogP contribution in [-0.2, 0) is 6.42 Å². The molecule has 0 radical (unpaired) electrons. The lowest BCUT2D eigenvalue weighted by Crippen LogP contribution is -2.08. The molecule has 1 N–H and O–H groups in total. The molecule has 4 aromatic rings. The molecule has 0 fully saturated rings. The number of thiazole rings is 1. The minimum atomic E-state index is -1.11. The van der Waals surface area contributed by atoms with Crippen LogP contribution in [0.3, 0.4) is 0 Å². The number of aliphatic hydroxyl groups excluding tert-OH is 1. The fourth-order valence-corrected chi connectivity index (χ4v) is 3.84. The number of ketones is 1. The van der Waals surface area contributed by atoms with Gasteiger partial charge in [0.2, 0.25) is 0 Å². The van der Waals surface area contributed by atoms with Crippen molar-refractivity contribution < 1.29 is 14.3 Å². The van der Waals surface area contributed by atoms with Crippen LogP contribution >= 0.6 is 11.3 Å². The van der Waals surface area contributed by atoms with E-state index in [2.05, 4.69) is 15.0 Å². The molecular weight excluding hydrogens is 377 g/mol. The van der Waals surface area contributed by atoms with Gasteiger partial charge in [0, 0.05) is 40.0 Å². The van der Waals surface area contributed by atoms with Crippen LogP contribution in [0.4, 0.5) is 4.39 Å². The Morgan fingerprint density at radius 3 is 2.86 bits per heavy atom. The molecule has 3 aromatic heterocycles. The summed E-state index contributed by atoms with van der Waals surface area (Å²) in [6.45, 7) is 1.88. The maximum atomic E-state index is 13.5. The Kier molecular flexibility index (Phi) is 4.93. The average Bonchev–Trinajstić information content (AvgIpc) is 3.11. The van der Waals surface area contributed by atoms with Crippen molar-refractivity contribution in [3.8, 4) is 0 Å². The maximum absolute atomic E-state index is 13.5. The van der Waals surface area contributed by atoms with Gasteiger partial charge in [-0.15, -0.1) is 11.3 Å². The first kappa shape index (κ1) is 18.3. The summed E-state index contributed by atoms with van der Waals surface area (Å²) in [6, 6.07) is 8.19. The van der Waals surface area contributed by atoms with Gasteiger partial charge in [-0.25, -0.2) is 9.37 Å². The molecule has 0 spiro atoms. The SMILES string of the molecule is Cc1csc(CC(=O)c2cc(C(O)c3cncc(F)c3)cc3cccnc23)n1. The van der Waals surface area contributed by atoms with Crippen molar-refractivity contribution in [2.45, 2.75) is 19.4 Å². The highest BCUT2D eigenvalue weighted by molar-refractivity contribution is 7.09. The van der Waals surface area contributed by atoms with E-state index in [1.807, 2.05) is 18.4 Å². The molecule has 0 saturated carbocycles. The number of aromatic nitrogens is 3. The lowest BCUT2D eigenvalue weighted by atomic mass is 9.95. The van der Waals surface area contributed by atoms with E-state index in [1.54, 1.807) is 24.4 Å². The molecule has 28 heavy (non-hydrogen) atoms. The maximum Gasteiger partial charge on any atom is 0.171 e. The number of aryl methyl sites for hydroxylation is 1. The Morgan fingerprint density at radius 1 is 1.25 bits per heavy atom. The van der Waals surface area contributed by atoms with Gasteiger partial charge < -0.3 is 5.11 Å². The van der Waals surface area contributed by atoms with Gasteiger partial charge in [-0.2, -0.15) is 0 Å². The third-order valence-corrected chi connectivity index (χ3v) is 5.33. The number of benzene rings is 1. The molecule has 0 aliphatic carbocycles. The van der Waals surface area contributed by atoms with Crippen LogP contribution in [0.25, 0.3) is 10.9 Å². The van der Waals surface area contributed by atoms with Crippen molar-refractivity contribution in [3.05, 3.63) is 87.5 Å². The van der Waals surface area contributed by atoms with Gasteiger partial charge >= 0.3 is 0 Å². The van der Waals surface area contributed by atoms with E-state index in [1.165, 1.54) is 23.6 Å². The normalized spacial score (nSPS) is 12.2. The smallest absolute Gasteiger partial charge is 0.171 e. The number of pyridine rings is 2. The first-order valence-electron chi connectivity index (χ1n) is 8.62. The number of aliphatic hydroxyl groups is 1. The van der Waals surface area contributed by atoms with Crippen LogP contribution in [0.15, 0.2) is 54.3 Å². The Labute approximate surface area is 164 Å². The number of nitrogens with zero attached hydrogens (tertiary/aromatic N) is 3. The summed E-state index contributed by atoms with van der Waals surface area (Å²) >= 11 is 1.44. The predicted octanol–water partition coefficient (Wildman–Crippen LogP) is 4.04. The van der Waals surface area contributed by atoms with Gasteiger partial charge in [0.1, 0.15) is 16.9 Å². The molecular formula is C21H16FN3O2S. The molecule has 4 rings (SSSR count). The third kappa shape index (κ3) is 3.67. The van der Waals surface area contributed by atoms with E-state index in [0.717, 1.165) is 22.3 Å². The first-order chi connectivity index (χ1) is 13.5. The van der Waals surface area contributed by atoms with Crippen molar-refractivity contribution in [3.63, 3.8) is 0 Å². The van der Waals surface area contributed by atoms with Crippen LogP contribution in [-0.4, -0.2) is 25.8 Å². The number of carbonyl (C=O) groups excluding carboxylic acids is 1. The van der Waals surface area contributed by atoms with Crippen LogP contribution in [0.5, 0.6) is 0 Å². The number of hydrogen-bond acceptors (Lipinski definition) is 6. The van der Waals surface area contributed by atoms with Gasteiger partial charge in [0.15, 0.2) is 5.78 Å². The van der Waals surface area contributed by atoms with Crippen molar-refractivity contribution >= 4 is 28.0 Å². The quantitative estimate of drug-likeness (QED) is 0.518. The molecule has 1 unspecified atom stereocenters. The number of fused-ring (bicyclic) bond motifs is 1. The van der Waals surface area contributed by atoms with E-state index in [0.29, 0.717) is 22.2 Å². The Hall–Kier alpha value is -3.03. The van der Waals surface area contributed by atoms with E-state index >= 15 is 0 Å².